The largest absolute Gasteiger partial charge is 0.383 e. The second-order valence-electron chi connectivity index (χ2n) is 6.57. The third kappa shape index (κ3) is 6.30. The molecule has 0 aliphatic rings. The van der Waals surface area contributed by atoms with Gasteiger partial charge in [0.25, 0.3) is 0 Å². The Kier molecular flexibility index (Phi) is 8.05. The second kappa shape index (κ2) is 10.9. The molecule has 8 nitrogen and oxygen atoms in total. The third-order valence-electron chi connectivity index (χ3n) is 4.21. The van der Waals surface area contributed by atoms with Crippen molar-refractivity contribution in [1.82, 2.24) is 25.4 Å². The number of nitrogens with zero attached hydrogens (tertiary/aromatic N) is 3. The highest BCUT2D eigenvalue weighted by Crippen LogP contribution is 2.28. The number of hydrogen-bond donors (Lipinski definition) is 2. The van der Waals surface area contributed by atoms with Crippen molar-refractivity contribution < 1.29 is 14.3 Å². The average molecular weight is 460 g/mol. The van der Waals surface area contributed by atoms with Crippen molar-refractivity contribution in [3.63, 3.8) is 0 Å². The third-order valence-corrected chi connectivity index (χ3v) is 5.39. The maximum atomic E-state index is 12.2. The summed E-state index contributed by atoms with van der Waals surface area (Å²) in [5, 5.41) is 14.6. The van der Waals surface area contributed by atoms with Gasteiger partial charge in [-0.05, 0) is 31.2 Å². The van der Waals surface area contributed by atoms with Gasteiger partial charge in [-0.3, -0.25) is 14.7 Å². The molecule has 1 aromatic heterocycles. The Balaban J connectivity index is 1.78. The van der Waals surface area contributed by atoms with Gasteiger partial charge in [0.1, 0.15) is 0 Å². The highest BCUT2D eigenvalue weighted by molar-refractivity contribution is 7.99. The van der Waals surface area contributed by atoms with E-state index in [1.807, 2.05) is 47.9 Å². The number of amides is 3. The molecular formula is C21H22ClN5O3S. The van der Waals surface area contributed by atoms with Crippen molar-refractivity contribution in [2.45, 2.75) is 12.1 Å². The van der Waals surface area contributed by atoms with E-state index in [2.05, 4.69) is 20.8 Å². The van der Waals surface area contributed by atoms with Crippen LogP contribution in [0.3, 0.4) is 0 Å². The van der Waals surface area contributed by atoms with E-state index in [0.717, 1.165) is 16.8 Å². The first-order chi connectivity index (χ1) is 15.0. The van der Waals surface area contributed by atoms with Crippen LogP contribution < -0.4 is 10.6 Å². The predicted octanol–water partition coefficient (Wildman–Crippen LogP) is 3.46. The zero-order chi connectivity index (χ0) is 22.2. The molecule has 0 saturated heterocycles. The summed E-state index contributed by atoms with van der Waals surface area (Å²) in [6.07, 6.45) is 0. The van der Waals surface area contributed by atoms with Crippen LogP contribution >= 0.6 is 23.4 Å². The van der Waals surface area contributed by atoms with Gasteiger partial charge in [0.15, 0.2) is 11.0 Å². The summed E-state index contributed by atoms with van der Waals surface area (Å²) in [5.74, 6) is 0.196. The van der Waals surface area contributed by atoms with Gasteiger partial charge in [0, 0.05) is 29.9 Å². The molecular weight excluding hydrogens is 438 g/mol. The summed E-state index contributed by atoms with van der Waals surface area (Å²) in [4.78, 5) is 23.9. The normalized spacial score (nSPS) is 10.7. The maximum Gasteiger partial charge on any atom is 0.321 e. The zero-order valence-corrected chi connectivity index (χ0v) is 18.7. The lowest BCUT2D eigenvalue weighted by Gasteiger charge is -2.11. The number of carbonyl (C=O) groups excluding carboxylic acids is 2. The number of imide groups is 1. The summed E-state index contributed by atoms with van der Waals surface area (Å²) in [5.41, 5.74) is 2.84. The van der Waals surface area contributed by atoms with Crippen LogP contribution in [0.5, 0.6) is 0 Å². The van der Waals surface area contributed by atoms with Crippen LogP contribution in [0.2, 0.25) is 5.02 Å². The lowest BCUT2D eigenvalue weighted by molar-refractivity contribution is -0.117. The molecule has 10 heteroatoms. The minimum absolute atomic E-state index is 0.00266. The first kappa shape index (κ1) is 22.8. The lowest BCUT2D eigenvalue weighted by atomic mass is 10.1. The lowest BCUT2D eigenvalue weighted by Crippen LogP contribution is -2.41. The molecule has 3 rings (SSSR count). The van der Waals surface area contributed by atoms with Gasteiger partial charge >= 0.3 is 6.03 Å². The predicted molar refractivity (Wildman–Crippen MR) is 121 cm³/mol. The van der Waals surface area contributed by atoms with Crippen molar-refractivity contribution in [1.29, 1.82) is 0 Å². The fourth-order valence-corrected chi connectivity index (χ4v) is 3.56. The monoisotopic (exact) mass is 459 g/mol. The second-order valence-corrected chi connectivity index (χ2v) is 7.95. The van der Waals surface area contributed by atoms with Gasteiger partial charge in [-0.15, -0.1) is 10.2 Å². The van der Waals surface area contributed by atoms with Gasteiger partial charge in [-0.2, -0.15) is 0 Å². The minimum atomic E-state index is -0.567. The first-order valence-corrected chi connectivity index (χ1v) is 10.8. The highest BCUT2D eigenvalue weighted by Gasteiger charge is 2.18. The van der Waals surface area contributed by atoms with Crippen LogP contribution in [-0.4, -0.2) is 52.7 Å². The van der Waals surface area contributed by atoms with Crippen molar-refractivity contribution in [3.8, 4) is 17.1 Å². The molecule has 0 aliphatic carbocycles. The number of urea groups is 1. The van der Waals surface area contributed by atoms with E-state index in [-0.39, 0.29) is 5.75 Å². The minimum Gasteiger partial charge on any atom is -0.383 e. The molecule has 3 aromatic rings. The number of ether oxygens (including phenoxy) is 1. The van der Waals surface area contributed by atoms with E-state index in [1.54, 1.807) is 12.1 Å². The quantitative estimate of drug-likeness (QED) is 0.395. The zero-order valence-electron chi connectivity index (χ0n) is 17.1. The molecule has 162 valence electrons. The number of thioether (sulfide) groups is 1. The fourth-order valence-electron chi connectivity index (χ4n) is 2.68. The Hall–Kier alpha value is -2.88. The molecule has 0 saturated carbocycles. The van der Waals surface area contributed by atoms with E-state index in [9.17, 15) is 9.59 Å². The van der Waals surface area contributed by atoms with Crippen molar-refractivity contribution >= 4 is 35.3 Å². The number of hydrogen-bond acceptors (Lipinski definition) is 6. The molecule has 0 fully saturated rings. The van der Waals surface area contributed by atoms with Crippen LogP contribution in [0.1, 0.15) is 5.56 Å². The molecule has 3 amide bonds. The molecule has 0 radical (unpaired) electrons. The number of methoxy groups -OCH3 is 1. The number of benzene rings is 2. The first-order valence-electron chi connectivity index (χ1n) is 9.45. The number of aryl methyl sites for hydroxylation is 1. The van der Waals surface area contributed by atoms with Crippen LogP contribution in [-0.2, 0) is 9.53 Å². The van der Waals surface area contributed by atoms with Gasteiger partial charge in [-0.1, -0.05) is 53.2 Å². The van der Waals surface area contributed by atoms with Crippen LogP contribution in [0.15, 0.2) is 53.7 Å². The van der Waals surface area contributed by atoms with Gasteiger partial charge in [0.2, 0.25) is 5.91 Å². The SMILES string of the molecule is COCCNC(=O)NC(=O)CSc1nnc(-c2ccc(C)cc2)n1-c1ccc(Cl)cc1. The van der Waals surface area contributed by atoms with E-state index < -0.39 is 11.9 Å². The number of rotatable bonds is 8. The molecule has 0 atom stereocenters. The highest BCUT2D eigenvalue weighted by atomic mass is 35.5. The Morgan fingerprint density at radius 2 is 1.81 bits per heavy atom. The Morgan fingerprint density at radius 3 is 2.48 bits per heavy atom. The Morgan fingerprint density at radius 1 is 1.10 bits per heavy atom. The van der Waals surface area contributed by atoms with Crippen molar-refractivity contribution in [2.24, 2.45) is 0 Å². The summed E-state index contributed by atoms with van der Waals surface area (Å²) in [6, 6.07) is 14.6. The number of nitrogens with one attached hydrogen (secondary N) is 2. The number of halogens is 1. The van der Waals surface area contributed by atoms with Gasteiger partial charge < -0.3 is 10.1 Å². The maximum absolute atomic E-state index is 12.2. The summed E-state index contributed by atoms with van der Waals surface area (Å²) in [7, 11) is 1.53. The van der Waals surface area contributed by atoms with E-state index in [1.165, 1.54) is 18.9 Å². The summed E-state index contributed by atoms with van der Waals surface area (Å²) >= 11 is 7.22. The topological polar surface area (TPSA) is 98.1 Å². The molecule has 0 bridgehead atoms. The smallest absolute Gasteiger partial charge is 0.321 e. The van der Waals surface area contributed by atoms with Gasteiger partial charge in [-0.25, -0.2) is 4.79 Å². The van der Waals surface area contributed by atoms with Crippen LogP contribution in [0, 0.1) is 6.92 Å². The Labute approximate surface area is 189 Å². The van der Waals surface area contributed by atoms with E-state index in [4.69, 9.17) is 16.3 Å². The molecule has 31 heavy (non-hydrogen) atoms. The average Bonchev–Trinajstić information content (AvgIpc) is 3.17. The molecule has 2 aromatic carbocycles. The van der Waals surface area contributed by atoms with E-state index >= 15 is 0 Å². The summed E-state index contributed by atoms with van der Waals surface area (Å²) in [6.45, 7) is 2.69. The Bertz CT molecular complexity index is 1040. The van der Waals surface area contributed by atoms with Crippen LogP contribution in [0.4, 0.5) is 4.79 Å². The van der Waals surface area contributed by atoms with Crippen molar-refractivity contribution in [3.05, 3.63) is 59.1 Å². The number of aromatic nitrogens is 3. The molecule has 0 aliphatic heterocycles. The van der Waals surface area contributed by atoms with Crippen molar-refractivity contribution in [2.75, 3.05) is 26.0 Å². The molecule has 1 heterocycles. The standard InChI is InChI=1S/C21H22ClN5O3S/c1-14-3-5-15(6-4-14)19-25-26-21(27(19)17-9-7-16(22)8-10-17)31-13-18(28)24-20(29)23-11-12-30-2/h3-10H,11-13H2,1-2H3,(H2,23,24,28,29). The summed E-state index contributed by atoms with van der Waals surface area (Å²) < 4.78 is 6.71. The molecule has 2 N–H and O–H groups in total. The molecule has 0 unspecified atom stereocenters. The fraction of sp³-hybridized carbons (Fsp3) is 0.238. The molecule has 0 spiro atoms. The van der Waals surface area contributed by atoms with E-state index in [0.29, 0.717) is 29.2 Å². The number of carbonyl (C=O) groups is 2. The van der Waals surface area contributed by atoms with Gasteiger partial charge in [0.05, 0.1) is 12.4 Å². The van der Waals surface area contributed by atoms with Crippen LogP contribution in [0.25, 0.3) is 17.1 Å².